The Balaban J connectivity index is 2.18. The summed E-state index contributed by atoms with van der Waals surface area (Å²) in [7, 11) is 2.67. The van der Waals surface area contributed by atoms with Crippen molar-refractivity contribution >= 4 is 44.0 Å². The van der Waals surface area contributed by atoms with Gasteiger partial charge in [-0.05, 0) is 61.7 Å². The highest BCUT2D eigenvalue weighted by atomic mass is 35.5. The van der Waals surface area contributed by atoms with Crippen LogP contribution in [0.2, 0.25) is 10.2 Å². The van der Waals surface area contributed by atoms with Crippen LogP contribution in [0.5, 0.6) is 0 Å². The van der Waals surface area contributed by atoms with Gasteiger partial charge < -0.3 is 4.90 Å². The first-order valence-electron chi connectivity index (χ1n) is 11.1. The number of rotatable bonds is 6. The molecule has 0 bridgehead atoms. The number of benzene rings is 2. The van der Waals surface area contributed by atoms with Gasteiger partial charge in [0.25, 0.3) is 5.66 Å². The van der Waals surface area contributed by atoms with Crippen molar-refractivity contribution in [3.63, 3.8) is 0 Å². The van der Waals surface area contributed by atoms with Crippen LogP contribution in [0.3, 0.4) is 0 Å². The van der Waals surface area contributed by atoms with E-state index >= 15 is 0 Å². The molecule has 3 rings (SSSR count). The molecule has 1 heterocycles. The SMILES string of the molecule is CCC(C)(C(=O)N(C)c1cnc(Cl)cc1-c1ccc(C)cc1Cl)c1cc(C(F)(F)F)cc(C(F)(F)P)c1. The van der Waals surface area contributed by atoms with Crippen LogP contribution >= 0.6 is 32.4 Å². The highest BCUT2D eigenvalue weighted by Gasteiger charge is 2.41. The molecule has 198 valence electrons. The Kier molecular flexibility index (Phi) is 8.28. The van der Waals surface area contributed by atoms with Crippen molar-refractivity contribution in [1.82, 2.24) is 4.98 Å². The third kappa shape index (κ3) is 6.08. The van der Waals surface area contributed by atoms with Crippen LogP contribution in [-0.2, 0) is 22.0 Å². The second-order valence-corrected chi connectivity index (χ2v) is 10.5. The van der Waals surface area contributed by atoms with E-state index in [-0.39, 0.29) is 17.1 Å². The molecule has 0 radical (unpaired) electrons. The zero-order valence-electron chi connectivity index (χ0n) is 20.4. The van der Waals surface area contributed by atoms with Crippen LogP contribution in [-0.4, -0.2) is 17.9 Å². The van der Waals surface area contributed by atoms with Gasteiger partial charge in [0.1, 0.15) is 5.15 Å². The van der Waals surface area contributed by atoms with E-state index in [1.54, 1.807) is 19.1 Å². The number of aromatic nitrogens is 1. The second-order valence-electron chi connectivity index (χ2n) is 8.98. The maximum absolute atomic E-state index is 14.1. The first kappa shape index (κ1) is 29.3. The van der Waals surface area contributed by atoms with Gasteiger partial charge in [0.05, 0.1) is 22.9 Å². The Bertz CT molecular complexity index is 1310. The van der Waals surface area contributed by atoms with Crippen molar-refractivity contribution in [2.75, 3.05) is 11.9 Å². The van der Waals surface area contributed by atoms with Crippen molar-refractivity contribution in [1.29, 1.82) is 0 Å². The number of carbonyl (C=O) groups is 1. The molecule has 3 nitrogen and oxygen atoms in total. The summed E-state index contributed by atoms with van der Waals surface area (Å²) in [5.74, 6) is -0.624. The lowest BCUT2D eigenvalue weighted by atomic mass is 9.77. The zero-order chi connectivity index (χ0) is 27.9. The molecular formula is C26H24Cl2F5N2OP. The van der Waals surface area contributed by atoms with E-state index in [1.165, 1.54) is 40.4 Å². The van der Waals surface area contributed by atoms with Gasteiger partial charge >= 0.3 is 6.18 Å². The minimum Gasteiger partial charge on any atom is -0.313 e. The first-order valence-corrected chi connectivity index (χ1v) is 12.4. The average molecular weight is 577 g/mol. The molecule has 0 aliphatic rings. The Morgan fingerprint density at radius 2 is 1.57 bits per heavy atom. The van der Waals surface area contributed by atoms with Crippen LogP contribution in [0, 0.1) is 6.92 Å². The van der Waals surface area contributed by atoms with Crippen LogP contribution in [0.25, 0.3) is 11.1 Å². The maximum Gasteiger partial charge on any atom is 0.416 e. The lowest BCUT2D eigenvalue weighted by molar-refractivity contribution is -0.138. The number of hydrogen-bond acceptors (Lipinski definition) is 2. The van der Waals surface area contributed by atoms with E-state index in [1.807, 2.05) is 13.0 Å². The van der Waals surface area contributed by atoms with Crippen LogP contribution in [0.15, 0.2) is 48.7 Å². The van der Waals surface area contributed by atoms with Gasteiger partial charge in [0.2, 0.25) is 5.91 Å². The number of anilines is 1. The molecule has 2 aromatic carbocycles. The fourth-order valence-electron chi connectivity index (χ4n) is 4.00. The van der Waals surface area contributed by atoms with Crippen LogP contribution in [0.1, 0.15) is 42.5 Å². The predicted octanol–water partition coefficient (Wildman–Crippen LogP) is 8.64. The monoisotopic (exact) mass is 576 g/mol. The number of aryl methyl sites for hydroxylation is 1. The number of carbonyl (C=O) groups excluding carboxylic acids is 1. The van der Waals surface area contributed by atoms with E-state index in [2.05, 4.69) is 4.98 Å². The lowest BCUT2D eigenvalue weighted by Crippen LogP contribution is -2.43. The quantitative estimate of drug-likeness (QED) is 0.167. The molecular weight excluding hydrogens is 553 g/mol. The molecule has 2 atom stereocenters. The van der Waals surface area contributed by atoms with Crippen molar-refractivity contribution in [3.8, 4) is 11.1 Å². The first-order chi connectivity index (χ1) is 17.0. The van der Waals surface area contributed by atoms with Gasteiger partial charge in [0.15, 0.2) is 0 Å². The molecule has 0 aliphatic carbocycles. The smallest absolute Gasteiger partial charge is 0.313 e. The van der Waals surface area contributed by atoms with Crippen molar-refractivity contribution in [2.24, 2.45) is 0 Å². The molecule has 0 fully saturated rings. The Morgan fingerprint density at radius 1 is 0.973 bits per heavy atom. The average Bonchev–Trinajstić information content (AvgIpc) is 2.81. The highest BCUT2D eigenvalue weighted by molar-refractivity contribution is 7.17. The molecule has 0 saturated heterocycles. The summed E-state index contributed by atoms with van der Waals surface area (Å²) in [4.78, 5) is 19.2. The number of pyridine rings is 1. The Morgan fingerprint density at radius 3 is 2.11 bits per heavy atom. The molecule has 1 aromatic heterocycles. The fourth-order valence-corrected chi connectivity index (χ4v) is 4.67. The number of alkyl halides is 5. The number of hydrogen-bond donors (Lipinski definition) is 0. The fraction of sp³-hybridized carbons (Fsp3) is 0.308. The molecule has 1 amide bonds. The number of halogens is 7. The summed E-state index contributed by atoms with van der Waals surface area (Å²) in [6.07, 6.45) is -3.50. The number of nitrogens with zero attached hydrogens (tertiary/aromatic N) is 2. The summed E-state index contributed by atoms with van der Waals surface area (Å²) >= 11 is 12.6. The van der Waals surface area contributed by atoms with Gasteiger partial charge in [-0.2, -0.15) is 22.0 Å². The van der Waals surface area contributed by atoms with Crippen molar-refractivity contribution in [2.45, 2.75) is 44.4 Å². The van der Waals surface area contributed by atoms with E-state index in [9.17, 15) is 26.7 Å². The van der Waals surface area contributed by atoms with Crippen molar-refractivity contribution < 1.29 is 26.7 Å². The minimum absolute atomic E-state index is 0.0288. The molecule has 0 aliphatic heterocycles. The summed E-state index contributed by atoms with van der Waals surface area (Å²) in [6, 6.07) is 8.91. The maximum atomic E-state index is 14.1. The predicted molar refractivity (Wildman–Crippen MR) is 141 cm³/mol. The third-order valence-corrected chi connectivity index (χ3v) is 7.24. The van der Waals surface area contributed by atoms with Crippen molar-refractivity contribution in [3.05, 3.63) is 81.1 Å². The molecule has 2 unspecified atom stereocenters. The van der Waals surface area contributed by atoms with E-state index in [0.29, 0.717) is 27.9 Å². The molecule has 0 spiro atoms. The van der Waals surface area contributed by atoms with Gasteiger partial charge in [-0.15, -0.1) is 0 Å². The Hall–Kier alpha value is -2.28. The topological polar surface area (TPSA) is 33.2 Å². The van der Waals surface area contributed by atoms with Gasteiger partial charge in [-0.3, -0.25) is 4.79 Å². The minimum atomic E-state index is -4.89. The van der Waals surface area contributed by atoms with E-state index in [4.69, 9.17) is 23.2 Å². The largest absolute Gasteiger partial charge is 0.416 e. The number of likely N-dealkylation sites (N-methyl/N-ethyl adjacent to an activating group) is 1. The summed E-state index contributed by atoms with van der Waals surface area (Å²) in [5.41, 5.74) is -5.29. The molecule has 0 N–H and O–H groups in total. The Labute approximate surface area is 224 Å². The summed E-state index contributed by atoms with van der Waals surface area (Å²) < 4.78 is 69.1. The number of amides is 1. The van der Waals surface area contributed by atoms with Gasteiger partial charge in [-0.25, -0.2) is 4.98 Å². The lowest BCUT2D eigenvalue weighted by Gasteiger charge is -2.34. The van der Waals surface area contributed by atoms with Gasteiger partial charge in [0, 0.05) is 28.8 Å². The third-order valence-electron chi connectivity index (χ3n) is 6.39. The normalized spacial score (nSPS) is 13.8. The molecule has 3 aromatic rings. The van der Waals surface area contributed by atoms with Gasteiger partial charge in [-0.1, -0.05) is 51.5 Å². The zero-order valence-corrected chi connectivity index (χ0v) is 23.0. The van der Waals surface area contributed by atoms with Crippen LogP contribution in [0.4, 0.5) is 27.6 Å². The summed E-state index contributed by atoms with van der Waals surface area (Å²) in [6.45, 7) is 4.89. The summed E-state index contributed by atoms with van der Waals surface area (Å²) in [5, 5.41) is 0.535. The van der Waals surface area contributed by atoms with Crippen LogP contribution < -0.4 is 4.90 Å². The molecule has 0 saturated carbocycles. The molecule has 37 heavy (non-hydrogen) atoms. The van der Waals surface area contributed by atoms with E-state index < -0.39 is 34.3 Å². The van der Waals surface area contributed by atoms with E-state index in [0.717, 1.165) is 17.7 Å². The highest BCUT2D eigenvalue weighted by Crippen LogP contribution is 2.43. The second kappa shape index (κ2) is 10.5. The standard InChI is InChI=1S/C26H24Cl2F5N2OP/c1-5-24(3,15-9-16(25(29,30)31)11-17(10-15)26(32,33)37)23(36)35(4)21-13-34-22(28)12-19(21)18-7-6-14(2)8-20(18)27/h6-13H,5,37H2,1-4H3. The molecule has 11 heteroatoms.